The molecule has 0 radical (unpaired) electrons. The summed E-state index contributed by atoms with van der Waals surface area (Å²) in [5.41, 5.74) is 2.90. The van der Waals surface area contributed by atoms with E-state index in [9.17, 15) is 5.11 Å². The molecule has 0 amide bonds. The Balaban J connectivity index is 2.19. The second kappa shape index (κ2) is 7.84. The van der Waals surface area contributed by atoms with E-state index in [1.807, 2.05) is 12.1 Å². The zero-order valence-electron chi connectivity index (χ0n) is 12.1. The van der Waals surface area contributed by atoms with Gasteiger partial charge in [0.05, 0.1) is 0 Å². The highest BCUT2D eigenvalue weighted by Gasteiger charge is 2.11. The molecule has 0 fully saturated rings. The van der Waals surface area contributed by atoms with Crippen LogP contribution in [0.1, 0.15) is 62.5 Å². The molecular weight excluding hydrogens is 252 g/mol. The van der Waals surface area contributed by atoms with Gasteiger partial charge in [-0.25, -0.2) is 0 Å². The van der Waals surface area contributed by atoms with E-state index in [1.165, 1.54) is 73.8 Å². The van der Waals surface area contributed by atoms with Gasteiger partial charge in [0.1, 0.15) is 5.75 Å². The molecule has 0 aromatic heterocycles. The Kier molecular flexibility index (Phi) is 6.09. The van der Waals surface area contributed by atoms with E-state index in [-0.39, 0.29) is 0 Å². The molecule has 0 heterocycles. The van der Waals surface area contributed by atoms with Crippen LogP contribution in [0.2, 0.25) is 0 Å². The molecule has 0 bridgehead atoms. The first kappa shape index (κ1) is 14.8. The standard InChI is InChI=1S/C17H26OS/c1-19-17-13-15(18)12-14-10-8-6-4-2-3-5-7-9-11-16(14)17/h12-13,18H,2-11H2,1H3. The van der Waals surface area contributed by atoms with Crippen molar-refractivity contribution in [2.24, 2.45) is 0 Å². The first-order chi connectivity index (χ1) is 9.31. The Labute approximate surface area is 121 Å². The summed E-state index contributed by atoms with van der Waals surface area (Å²) in [5.74, 6) is 0.440. The average Bonchev–Trinajstić information content (AvgIpc) is 2.39. The van der Waals surface area contributed by atoms with Gasteiger partial charge in [-0.05, 0) is 55.2 Å². The predicted octanol–water partition coefficient (Wildman–Crippen LogP) is 5.33. The fourth-order valence-electron chi connectivity index (χ4n) is 3.05. The SMILES string of the molecule is CSc1cc(O)cc2c1CCCCCCCCCC2. The molecular formula is C17H26OS. The van der Waals surface area contributed by atoms with Crippen molar-refractivity contribution in [3.8, 4) is 5.75 Å². The molecule has 2 heteroatoms. The number of aromatic hydroxyl groups is 1. The fraction of sp³-hybridized carbons (Fsp3) is 0.647. The maximum atomic E-state index is 9.88. The molecule has 1 nitrogen and oxygen atoms in total. The Hall–Kier alpha value is -0.630. The Morgan fingerprint density at radius 2 is 1.42 bits per heavy atom. The van der Waals surface area contributed by atoms with E-state index in [0.29, 0.717) is 5.75 Å². The number of fused-ring (bicyclic) bond motifs is 1. The molecule has 1 N–H and O–H groups in total. The highest BCUT2D eigenvalue weighted by Crippen LogP contribution is 2.31. The van der Waals surface area contributed by atoms with Gasteiger partial charge in [-0.15, -0.1) is 11.8 Å². The van der Waals surface area contributed by atoms with Crippen LogP contribution >= 0.6 is 11.8 Å². The largest absolute Gasteiger partial charge is 0.508 e. The summed E-state index contributed by atoms with van der Waals surface area (Å²) >= 11 is 1.77. The van der Waals surface area contributed by atoms with Crippen LogP contribution in [0.4, 0.5) is 0 Å². The van der Waals surface area contributed by atoms with E-state index in [2.05, 4.69) is 6.26 Å². The summed E-state index contributed by atoms with van der Waals surface area (Å²) in [5, 5.41) is 9.88. The van der Waals surface area contributed by atoms with Gasteiger partial charge in [0.15, 0.2) is 0 Å². The first-order valence-electron chi connectivity index (χ1n) is 7.70. The second-order valence-corrected chi connectivity index (χ2v) is 6.46. The van der Waals surface area contributed by atoms with Crippen molar-refractivity contribution in [3.05, 3.63) is 23.3 Å². The van der Waals surface area contributed by atoms with Crippen molar-refractivity contribution in [1.29, 1.82) is 0 Å². The number of phenolic OH excluding ortho intramolecular Hbond substituents is 1. The minimum atomic E-state index is 0.440. The number of benzene rings is 1. The molecule has 1 aromatic rings. The number of thioether (sulfide) groups is 1. The molecule has 0 spiro atoms. The smallest absolute Gasteiger partial charge is 0.116 e. The third kappa shape index (κ3) is 4.45. The summed E-state index contributed by atoms with van der Waals surface area (Å²) in [7, 11) is 0. The molecule has 0 unspecified atom stereocenters. The highest BCUT2D eigenvalue weighted by atomic mass is 32.2. The van der Waals surface area contributed by atoms with Gasteiger partial charge < -0.3 is 5.11 Å². The number of aryl methyl sites for hydroxylation is 1. The van der Waals surface area contributed by atoms with Crippen LogP contribution in [0.25, 0.3) is 0 Å². The minimum Gasteiger partial charge on any atom is -0.508 e. The van der Waals surface area contributed by atoms with Crippen LogP contribution in [0.15, 0.2) is 17.0 Å². The first-order valence-corrected chi connectivity index (χ1v) is 8.92. The second-order valence-electron chi connectivity index (χ2n) is 5.61. The van der Waals surface area contributed by atoms with Crippen molar-refractivity contribution in [1.82, 2.24) is 0 Å². The lowest BCUT2D eigenvalue weighted by Gasteiger charge is -2.15. The quantitative estimate of drug-likeness (QED) is 0.700. The molecule has 0 atom stereocenters. The van der Waals surface area contributed by atoms with E-state index < -0.39 is 0 Å². The van der Waals surface area contributed by atoms with Gasteiger partial charge in [0.2, 0.25) is 0 Å². The van der Waals surface area contributed by atoms with Crippen LogP contribution in [0.3, 0.4) is 0 Å². The van der Waals surface area contributed by atoms with Crippen LogP contribution in [-0.2, 0) is 12.8 Å². The maximum Gasteiger partial charge on any atom is 0.116 e. The molecule has 1 aromatic carbocycles. The predicted molar refractivity (Wildman–Crippen MR) is 84.2 cm³/mol. The Morgan fingerprint density at radius 3 is 2.05 bits per heavy atom. The van der Waals surface area contributed by atoms with Gasteiger partial charge in [-0.1, -0.05) is 38.5 Å². The molecule has 19 heavy (non-hydrogen) atoms. The Morgan fingerprint density at radius 1 is 0.842 bits per heavy atom. The summed E-state index contributed by atoms with van der Waals surface area (Å²) in [6, 6.07) is 3.94. The lowest BCUT2D eigenvalue weighted by molar-refractivity contribution is 0.471. The van der Waals surface area contributed by atoms with Crippen molar-refractivity contribution < 1.29 is 5.11 Å². The lowest BCUT2D eigenvalue weighted by atomic mass is 9.94. The highest BCUT2D eigenvalue weighted by molar-refractivity contribution is 7.98. The number of rotatable bonds is 1. The van der Waals surface area contributed by atoms with Crippen LogP contribution in [0, 0.1) is 0 Å². The van der Waals surface area contributed by atoms with Crippen molar-refractivity contribution in [2.45, 2.75) is 69.1 Å². The normalized spacial score (nSPS) is 18.2. The van der Waals surface area contributed by atoms with Crippen LogP contribution in [0.5, 0.6) is 5.75 Å². The fourth-order valence-corrected chi connectivity index (χ4v) is 3.77. The van der Waals surface area contributed by atoms with E-state index in [0.717, 1.165) is 6.42 Å². The topological polar surface area (TPSA) is 20.2 Å². The minimum absolute atomic E-state index is 0.440. The molecule has 0 aliphatic heterocycles. The Bertz CT molecular complexity index is 400. The number of phenols is 1. The molecule has 106 valence electrons. The third-order valence-electron chi connectivity index (χ3n) is 4.13. The zero-order valence-corrected chi connectivity index (χ0v) is 12.9. The third-order valence-corrected chi connectivity index (χ3v) is 4.93. The van der Waals surface area contributed by atoms with Gasteiger partial charge in [-0.3, -0.25) is 0 Å². The zero-order chi connectivity index (χ0) is 13.5. The number of hydrogen-bond acceptors (Lipinski definition) is 2. The van der Waals surface area contributed by atoms with Crippen molar-refractivity contribution in [3.63, 3.8) is 0 Å². The number of hydrogen-bond donors (Lipinski definition) is 1. The van der Waals surface area contributed by atoms with Gasteiger partial charge >= 0.3 is 0 Å². The van der Waals surface area contributed by atoms with E-state index in [4.69, 9.17) is 0 Å². The van der Waals surface area contributed by atoms with Crippen LogP contribution in [-0.4, -0.2) is 11.4 Å². The average molecular weight is 278 g/mol. The summed E-state index contributed by atoms with van der Waals surface area (Å²) in [6.07, 6.45) is 15.3. The van der Waals surface area contributed by atoms with Crippen LogP contribution < -0.4 is 0 Å². The van der Waals surface area contributed by atoms with Gasteiger partial charge in [0, 0.05) is 4.90 Å². The van der Waals surface area contributed by atoms with Crippen molar-refractivity contribution in [2.75, 3.05) is 6.26 Å². The summed E-state index contributed by atoms with van der Waals surface area (Å²) in [6.45, 7) is 0. The van der Waals surface area contributed by atoms with Gasteiger partial charge in [0.25, 0.3) is 0 Å². The molecule has 0 saturated heterocycles. The van der Waals surface area contributed by atoms with E-state index >= 15 is 0 Å². The summed E-state index contributed by atoms with van der Waals surface area (Å²) < 4.78 is 0. The molecule has 1 aliphatic rings. The molecule has 1 aliphatic carbocycles. The van der Waals surface area contributed by atoms with E-state index in [1.54, 1.807) is 11.8 Å². The van der Waals surface area contributed by atoms with Crippen molar-refractivity contribution >= 4 is 11.8 Å². The lowest BCUT2D eigenvalue weighted by Crippen LogP contribution is -1.99. The summed E-state index contributed by atoms with van der Waals surface area (Å²) in [4.78, 5) is 1.28. The molecule has 0 saturated carbocycles. The van der Waals surface area contributed by atoms with Gasteiger partial charge in [-0.2, -0.15) is 0 Å². The molecule has 2 rings (SSSR count). The maximum absolute atomic E-state index is 9.88. The monoisotopic (exact) mass is 278 g/mol.